The maximum Gasteiger partial charge on any atom is 0.100 e. The van der Waals surface area contributed by atoms with Crippen molar-refractivity contribution in [3.8, 4) is 28.3 Å². The van der Waals surface area contributed by atoms with E-state index in [2.05, 4.69) is 24.3 Å². The van der Waals surface area contributed by atoms with Gasteiger partial charge in [-0.3, -0.25) is 0 Å². The average Bonchev–Trinajstić information content (AvgIpc) is 3.09. The molecule has 3 aromatic carbocycles. The molecule has 3 aromatic rings. The molecular formula is C21H15NO. The summed E-state index contributed by atoms with van der Waals surface area (Å²) in [7, 11) is 0. The minimum absolute atomic E-state index is 0.573. The lowest BCUT2D eigenvalue weighted by Gasteiger charge is -2.15. The molecule has 0 fully saturated rings. The molecule has 0 aliphatic carbocycles. The van der Waals surface area contributed by atoms with E-state index >= 15 is 0 Å². The molecule has 2 heteroatoms. The summed E-state index contributed by atoms with van der Waals surface area (Å²) >= 11 is 0. The van der Waals surface area contributed by atoms with E-state index in [0.717, 1.165) is 33.4 Å². The van der Waals surface area contributed by atoms with Crippen LogP contribution in [0.15, 0.2) is 66.7 Å². The maximum atomic E-state index is 9.86. The van der Waals surface area contributed by atoms with Crippen LogP contribution in [0.1, 0.15) is 16.7 Å². The first-order valence-electron chi connectivity index (χ1n) is 7.66. The van der Waals surface area contributed by atoms with Crippen molar-refractivity contribution in [2.24, 2.45) is 0 Å². The van der Waals surface area contributed by atoms with Gasteiger partial charge in [-0.15, -0.1) is 0 Å². The lowest BCUT2D eigenvalue weighted by Crippen LogP contribution is -1.97. The van der Waals surface area contributed by atoms with Crippen LogP contribution in [-0.2, 0) is 18.0 Å². The van der Waals surface area contributed by atoms with Gasteiger partial charge in [-0.1, -0.05) is 60.7 Å². The predicted molar refractivity (Wildman–Crippen MR) is 90.5 cm³/mol. The fourth-order valence-electron chi connectivity index (χ4n) is 3.22. The highest BCUT2D eigenvalue weighted by molar-refractivity contribution is 5.85. The Bertz CT molecular complexity index is 893. The first-order valence-corrected chi connectivity index (χ1v) is 7.66. The van der Waals surface area contributed by atoms with Gasteiger partial charge in [-0.2, -0.15) is 5.26 Å². The van der Waals surface area contributed by atoms with Gasteiger partial charge in [-0.25, -0.2) is 0 Å². The largest absolute Gasteiger partial charge is 0.372 e. The van der Waals surface area contributed by atoms with Crippen molar-refractivity contribution in [3.63, 3.8) is 0 Å². The second kappa shape index (κ2) is 5.72. The van der Waals surface area contributed by atoms with E-state index < -0.39 is 0 Å². The van der Waals surface area contributed by atoms with Crippen molar-refractivity contribution in [2.75, 3.05) is 0 Å². The molecule has 0 atom stereocenters. The fraction of sp³-hybridized carbons (Fsp3) is 0.0952. The summed E-state index contributed by atoms with van der Waals surface area (Å²) in [5.74, 6) is 0. The van der Waals surface area contributed by atoms with E-state index in [1.54, 1.807) is 0 Å². The van der Waals surface area contributed by atoms with Crippen LogP contribution in [0.2, 0.25) is 0 Å². The van der Waals surface area contributed by atoms with Gasteiger partial charge in [0.2, 0.25) is 0 Å². The number of benzene rings is 3. The number of nitrogens with zero attached hydrogens (tertiary/aromatic N) is 1. The zero-order valence-electron chi connectivity index (χ0n) is 12.6. The lowest BCUT2D eigenvalue weighted by molar-refractivity contribution is 0.134. The van der Waals surface area contributed by atoms with Crippen LogP contribution in [0.3, 0.4) is 0 Å². The highest BCUT2D eigenvalue weighted by Crippen LogP contribution is 2.39. The number of fused-ring (bicyclic) bond motifs is 1. The van der Waals surface area contributed by atoms with Gasteiger partial charge in [0.15, 0.2) is 0 Å². The molecule has 0 saturated carbocycles. The molecule has 1 aliphatic rings. The van der Waals surface area contributed by atoms with E-state index in [-0.39, 0.29) is 0 Å². The van der Waals surface area contributed by atoms with Gasteiger partial charge in [0.25, 0.3) is 0 Å². The van der Waals surface area contributed by atoms with Crippen LogP contribution in [0, 0.1) is 11.3 Å². The Morgan fingerprint density at radius 2 is 1.48 bits per heavy atom. The Morgan fingerprint density at radius 1 is 0.826 bits per heavy atom. The molecule has 4 rings (SSSR count). The minimum Gasteiger partial charge on any atom is -0.372 e. The normalized spacial score (nSPS) is 12.7. The van der Waals surface area contributed by atoms with Crippen molar-refractivity contribution >= 4 is 0 Å². The molecule has 0 bridgehead atoms. The number of hydrogen-bond donors (Lipinski definition) is 0. The number of ether oxygens (including phenoxy) is 1. The Hall–Kier alpha value is -2.89. The SMILES string of the molecule is N#Cc1c(-c2ccccc2)cc2c(c1-c1ccccc1)COC2. The van der Waals surface area contributed by atoms with E-state index in [0.29, 0.717) is 13.2 Å². The second-order valence-corrected chi connectivity index (χ2v) is 5.65. The summed E-state index contributed by atoms with van der Waals surface area (Å²) < 4.78 is 5.66. The number of nitriles is 1. The minimum atomic E-state index is 0.573. The van der Waals surface area contributed by atoms with Crippen LogP contribution in [-0.4, -0.2) is 0 Å². The van der Waals surface area contributed by atoms with Crippen LogP contribution < -0.4 is 0 Å². The third-order valence-electron chi connectivity index (χ3n) is 4.29. The molecule has 1 aliphatic heterocycles. The van der Waals surface area contributed by atoms with Crippen LogP contribution in [0.25, 0.3) is 22.3 Å². The number of rotatable bonds is 2. The summed E-state index contributed by atoms with van der Waals surface area (Å²) in [5.41, 5.74) is 7.19. The zero-order valence-corrected chi connectivity index (χ0v) is 12.6. The molecule has 2 nitrogen and oxygen atoms in total. The third kappa shape index (κ3) is 2.32. The molecule has 110 valence electrons. The first-order chi connectivity index (χ1) is 11.4. The first kappa shape index (κ1) is 13.8. The predicted octanol–water partition coefficient (Wildman–Crippen LogP) is 4.92. The summed E-state index contributed by atoms with van der Waals surface area (Å²) in [6, 6.07) is 24.8. The van der Waals surface area contributed by atoms with Gasteiger partial charge in [0, 0.05) is 11.1 Å². The smallest absolute Gasteiger partial charge is 0.100 e. The molecule has 0 saturated heterocycles. The quantitative estimate of drug-likeness (QED) is 0.672. The third-order valence-corrected chi connectivity index (χ3v) is 4.29. The zero-order chi connectivity index (χ0) is 15.6. The molecule has 0 unspecified atom stereocenters. The monoisotopic (exact) mass is 297 g/mol. The van der Waals surface area contributed by atoms with Crippen LogP contribution >= 0.6 is 0 Å². The van der Waals surface area contributed by atoms with Gasteiger partial charge < -0.3 is 4.74 Å². The van der Waals surface area contributed by atoms with Gasteiger partial charge in [0.05, 0.1) is 18.8 Å². The van der Waals surface area contributed by atoms with Crippen LogP contribution in [0.5, 0.6) is 0 Å². The standard InChI is InChI=1S/C21H15NO/c22-12-19-18(15-7-3-1-4-8-15)11-17-13-23-14-20(17)21(19)16-9-5-2-6-10-16/h1-11H,13-14H2. The Kier molecular flexibility index (Phi) is 3.42. The molecule has 0 spiro atoms. The second-order valence-electron chi connectivity index (χ2n) is 5.65. The van der Waals surface area contributed by atoms with Crippen molar-refractivity contribution in [2.45, 2.75) is 13.2 Å². The van der Waals surface area contributed by atoms with Crippen molar-refractivity contribution in [1.82, 2.24) is 0 Å². The molecule has 0 aromatic heterocycles. The lowest BCUT2D eigenvalue weighted by atomic mass is 9.86. The van der Waals surface area contributed by atoms with E-state index in [4.69, 9.17) is 4.74 Å². The molecule has 1 heterocycles. The molecule has 0 amide bonds. The summed E-state index contributed by atoms with van der Waals surface area (Å²) in [4.78, 5) is 0. The van der Waals surface area contributed by atoms with E-state index in [1.807, 2.05) is 48.5 Å². The number of hydrogen-bond acceptors (Lipinski definition) is 2. The topological polar surface area (TPSA) is 33.0 Å². The maximum absolute atomic E-state index is 9.86. The summed E-state index contributed by atoms with van der Waals surface area (Å²) in [6.45, 7) is 1.18. The highest BCUT2D eigenvalue weighted by Gasteiger charge is 2.23. The molecular weight excluding hydrogens is 282 g/mol. The molecule has 0 radical (unpaired) electrons. The van der Waals surface area contributed by atoms with E-state index in [9.17, 15) is 5.26 Å². The summed E-state index contributed by atoms with van der Waals surface area (Å²) in [5, 5.41) is 9.86. The van der Waals surface area contributed by atoms with Crippen molar-refractivity contribution in [1.29, 1.82) is 5.26 Å². The Morgan fingerprint density at radius 3 is 2.13 bits per heavy atom. The van der Waals surface area contributed by atoms with Crippen molar-refractivity contribution in [3.05, 3.63) is 83.4 Å². The van der Waals surface area contributed by atoms with Gasteiger partial charge >= 0.3 is 0 Å². The van der Waals surface area contributed by atoms with Crippen molar-refractivity contribution < 1.29 is 4.74 Å². The van der Waals surface area contributed by atoms with Gasteiger partial charge in [0.1, 0.15) is 6.07 Å². The Balaban J connectivity index is 2.06. The average molecular weight is 297 g/mol. The van der Waals surface area contributed by atoms with Gasteiger partial charge in [-0.05, 0) is 28.3 Å². The highest BCUT2D eigenvalue weighted by atomic mass is 16.5. The summed E-state index contributed by atoms with van der Waals surface area (Å²) in [6.07, 6.45) is 0. The molecule has 23 heavy (non-hydrogen) atoms. The molecule has 0 N–H and O–H groups in total. The van der Waals surface area contributed by atoms with E-state index in [1.165, 1.54) is 5.56 Å². The fourth-order valence-corrected chi connectivity index (χ4v) is 3.22. The Labute approximate surface area is 135 Å². The van der Waals surface area contributed by atoms with Crippen LogP contribution in [0.4, 0.5) is 0 Å².